The molecule has 1 fully saturated rings. The van der Waals surface area contributed by atoms with Crippen LogP contribution in [0.25, 0.3) is 22.3 Å². The zero-order chi connectivity index (χ0) is 69.1. The molecule has 0 radical (unpaired) electrons. The molecule has 2 aromatic carbocycles. The summed E-state index contributed by atoms with van der Waals surface area (Å²) in [5.41, 5.74) is -0.753. The minimum atomic E-state index is -2.13. The summed E-state index contributed by atoms with van der Waals surface area (Å²) in [6, 6.07) is 7.25. The number of hydrogen-bond acceptors (Lipinski definition) is 21. The van der Waals surface area contributed by atoms with Crippen LogP contribution in [0.4, 0.5) is 8.78 Å². The van der Waals surface area contributed by atoms with Crippen molar-refractivity contribution in [1.82, 2.24) is 57.0 Å². The second-order valence-electron chi connectivity index (χ2n) is 23.6. The lowest BCUT2D eigenvalue weighted by molar-refractivity contribution is -0.227. The fourth-order valence-electron chi connectivity index (χ4n) is 12.0. The number of aliphatic hydroxyl groups is 5. The number of unbranched alkanes of at least 4 members (excludes halogenated alkanes) is 2. The van der Waals surface area contributed by atoms with Gasteiger partial charge in [0.1, 0.15) is 62.5 Å². The van der Waals surface area contributed by atoms with Gasteiger partial charge in [0, 0.05) is 72.6 Å². The molecule has 9 rings (SSSR count). The quantitative estimate of drug-likeness (QED) is 0.00912. The van der Waals surface area contributed by atoms with Gasteiger partial charge in [-0.05, 0) is 55.7 Å². The summed E-state index contributed by atoms with van der Waals surface area (Å²) in [7, 11) is 0. The van der Waals surface area contributed by atoms with Crippen molar-refractivity contribution < 1.29 is 101 Å². The van der Waals surface area contributed by atoms with Gasteiger partial charge in [0.25, 0.3) is 17.4 Å². The molecule has 96 heavy (non-hydrogen) atoms. The molecule has 1 saturated heterocycles. The molecule has 6 heterocycles. The summed E-state index contributed by atoms with van der Waals surface area (Å²) >= 11 is 0. The van der Waals surface area contributed by atoms with Crippen molar-refractivity contribution >= 4 is 75.9 Å². The van der Waals surface area contributed by atoms with Crippen molar-refractivity contribution in [2.45, 2.75) is 139 Å². The zero-order valence-electron chi connectivity index (χ0n) is 51.9. The van der Waals surface area contributed by atoms with E-state index in [1.807, 2.05) is 0 Å². The summed E-state index contributed by atoms with van der Waals surface area (Å²) in [5, 5.41) is 71.5. The maximum absolute atomic E-state index is 15.4. The Morgan fingerprint density at radius 3 is 2.14 bits per heavy atom. The van der Waals surface area contributed by atoms with Crippen LogP contribution in [0, 0.1) is 11.6 Å². The highest BCUT2D eigenvalue weighted by molar-refractivity contribution is 6.12. The molecule has 0 spiro atoms. The third-order valence-corrected chi connectivity index (χ3v) is 17.2. The smallest absolute Gasteiger partial charge is 0.343 e. The third kappa shape index (κ3) is 16.2. The molecule has 33 heteroatoms. The summed E-state index contributed by atoms with van der Waals surface area (Å²) in [4.78, 5) is 162. The molecule has 0 saturated carbocycles. The molecule has 4 aromatic rings. The maximum atomic E-state index is 15.4. The number of pyridine rings is 2. The van der Waals surface area contributed by atoms with Gasteiger partial charge in [0.15, 0.2) is 17.2 Å². The van der Waals surface area contributed by atoms with E-state index < -0.39 is 189 Å². The van der Waals surface area contributed by atoms with Crippen LogP contribution >= 0.6 is 0 Å². The average Bonchev–Trinajstić information content (AvgIpc) is 1.47. The van der Waals surface area contributed by atoms with Crippen LogP contribution in [0.15, 0.2) is 59.4 Å². The SMILES string of the molecule is CC[C@@]1(O)C(=O)OCc2c1cc1n(c2=O)Cc2c-1nc1cc(F)c(F)c3c1c2[C@@H](NC(=O)COCNC(=O)CNC(=O)[C@H](Cc1ccccc1)NC(=O)CNC(=O)CNC(=O)[C@H](CCC(=O)NC[C@@H]1O[C@H](CO)[C@@H](O)[C@H](O)[C@H]1O)NC(=O)CCCCCN1C(=O)C=CC1=O)CC3. The summed E-state index contributed by atoms with van der Waals surface area (Å²) in [6.07, 6.45) is -5.06. The number of halogens is 2. The number of nitrogens with zero attached hydrogens (tertiary/aromatic N) is 3. The number of amides is 10. The topological polar surface area (TPSA) is 451 Å². The first-order chi connectivity index (χ1) is 45.9. The number of benzene rings is 2. The van der Waals surface area contributed by atoms with Crippen molar-refractivity contribution in [1.29, 1.82) is 0 Å². The predicted molar refractivity (Wildman–Crippen MR) is 326 cm³/mol. The molecule has 31 nitrogen and oxygen atoms in total. The Hall–Kier alpha value is -9.51. The number of hydrogen-bond donors (Lipinski definition) is 13. The normalized spacial score (nSPS) is 21.2. The number of cyclic esters (lactones) is 1. The number of aromatic nitrogens is 2. The Bertz CT molecular complexity index is 3800. The summed E-state index contributed by atoms with van der Waals surface area (Å²) in [5.74, 6) is -10.4. The number of ether oxygens (including phenoxy) is 3. The lowest BCUT2D eigenvalue weighted by Crippen LogP contribution is -2.60. The predicted octanol–water partition coefficient (Wildman–Crippen LogP) is -3.66. The first-order valence-corrected chi connectivity index (χ1v) is 31.1. The van der Waals surface area contributed by atoms with E-state index >= 15 is 8.78 Å². The van der Waals surface area contributed by atoms with Gasteiger partial charge in [0.2, 0.25) is 47.3 Å². The second kappa shape index (κ2) is 31.4. The first kappa shape index (κ1) is 70.8. The van der Waals surface area contributed by atoms with E-state index in [1.165, 1.54) is 10.6 Å². The monoisotopic (exact) mass is 1340 g/mol. The molecule has 514 valence electrons. The van der Waals surface area contributed by atoms with Gasteiger partial charge in [0.05, 0.1) is 61.3 Å². The Balaban J connectivity index is 0.740. The first-order valence-electron chi connectivity index (χ1n) is 31.1. The number of rotatable bonds is 30. The van der Waals surface area contributed by atoms with E-state index in [2.05, 4.69) is 47.5 Å². The summed E-state index contributed by atoms with van der Waals surface area (Å²) < 4.78 is 47.9. The lowest BCUT2D eigenvalue weighted by atomic mass is 9.83. The standard InChI is InChI=1S/C63H73F2N11O20/c1-2-63(93)35-20-41-55-33(26-76(41)61(91)34(35)28-95-62(63)92)53-37(13-12-32-52(53)39(74-55)21-36(64)54(32)65)71-49(83)29-94-30-70-47(81)24-69-60(90)40(19-31-9-5-3-6-10-31)73-48(82)25-67-46(80)23-68-59(89)38(72-45(79)11-7-4-8-18-75-50(84)16-17-51(75)85)14-15-44(78)66-22-42-56(86)58(88)57(87)43(27-77)96-42/h3,5-6,9-10,16-17,20-21,37-38,40,42-43,56-58,77,86-88,93H,2,4,7-8,11-15,18-19,22-30H2,1H3,(H,66,78)(H,67,80)(H,68,89)(H,69,90)(H,70,81)(H,71,83)(H,72,79)(H,73,82)/t37-,38-,40-,42-,43+,56-,57+,58+,63-/m0/s1. The Kier molecular flexibility index (Phi) is 23.1. The van der Waals surface area contributed by atoms with Crippen LogP contribution in [0.2, 0.25) is 0 Å². The van der Waals surface area contributed by atoms with Crippen molar-refractivity contribution in [3.63, 3.8) is 0 Å². The minimum Gasteiger partial charge on any atom is -0.458 e. The van der Waals surface area contributed by atoms with Gasteiger partial charge < -0.3 is 86.8 Å². The number of aryl methyl sites for hydroxylation is 1. The van der Waals surface area contributed by atoms with Crippen molar-refractivity contribution in [2.24, 2.45) is 0 Å². The Morgan fingerprint density at radius 1 is 0.750 bits per heavy atom. The third-order valence-electron chi connectivity index (χ3n) is 17.2. The fourth-order valence-corrected chi connectivity index (χ4v) is 12.0. The number of carbonyl (C=O) groups excluding carboxylic acids is 11. The number of aliphatic hydroxyl groups excluding tert-OH is 4. The van der Waals surface area contributed by atoms with E-state index in [0.717, 1.165) is 23.1 Å². The minimum absolute atomic E-state index is 0.00919. The van der Waals surface area contributed by atoms with E-state index in [9.17, 15) is 83.1 Å². The van der Waals surface area contributed by atoms with Gasteiger partial charge in [-0.1, -0.05) is 43.7 Å². The number of esters is 1. The second-order valence-corrected chi connectivity index (χ2v) is 23.6. The van der Waals surface area contributed by atoms with Crippen LogP contribution in [0.5, 0.6) is 0 Å². The molecule has 9 atom stereocenters. The van der Waals surface area contributed by atoms with Gasteiger partial charge in [-0.25, -0.2) is 18.6 Å². The molecular formula is C63H73F2N11O20. The molecule has 0 bridgehead atoms. The highest BCUT2D eigenvalue weighted by Gasteiger charge is 2.47. The maximum Gasteiger partial charge on any atom is 0.343 e. The van der Waals surface area contributed by atoms with Crippen LogP contribution in [0.1, 0.15) is 97.7 Å². The van der Waals surface area contributed by atoms with Crippen molar-refractivity contribution in [3.8, 4) is 11.4 Å². The van der Waals surface area contributed by atoms with E-state index in [1.54, 1.807) is 37.3 Å². The molecule has 0 unspecified atom stereocenters. The largest absolute Gasteiger partial charge is 0.458 e. The highest BCUT2D eigenvalue weighted by Crippen LogP contribution is 2.46. The van der Waals surface area contributed by atoms with Gasteiger partial charge >= 0.3 is 5.97 Å². The number of nitrogens with one attached hydrogen (secondary N) is 8. The molecule has 1 aliphatic carbocycles. The molecule has 10 amide bonds. The highest BCUT2D eigenvalue weighted by atomic mass is 19.2. The molecular weight excluding hydrogens is 1270 g/mol. The molecule has 4 aliphatic heterocycles. The van der Waals surface area contributed by atoms with Crippen molar-refractivity contribution in [2.75, 3.05) is 52.7 Å². The lowest BCUT2D eigenvalue weighted by Gasteiger charge is -2.40. The number of imide groups is 1. The van der Waals surface area contributed by atoms with Crippen LogP contribution in [-0.4, -0.2) is 200 Å². The van der Waals surface area contributed by atoms with E-state index in [4.69, 9.17) is 14.2 Å². The Morgan fingerprint density at radius 2 is 1.43 bits per heavy atom. The fraction of sp³-hybridized carbons (Fsp3) is 0.476. The van der Waals surface area contributed by atoms with Gasteiger partial charge in [-0.3, -0.25) is 57.6 Å². The molecule has 13 N–H and O–H groups in total. The van der Waals surface area contributed by atoms with Crippen LogP contribution in [0.3, 0.4) is 0 Å². The number of carbonyl (C=O) groups is 11. The number of fused-ring (bicyclic) bond motifs is 5. The van der Waals surface area contributed by atoms with Crippen LogP contribution in [-0.2, 0) is 98.5 Å². The van der Waals surface area contributed by atoms with Gasteiger partial charge in [-0.15, -0.1) is 0 Å². The summed E-state index contributed by atoms with van der Waals surface area (Å²) in [6.45, 7) is -3.15. The molecule has 5 aliphatic rings. The van der Waals surface area contributed by atoms with Crippen LogP contribution < -0.4 is 48.1 Å². The van der Waals surface area contributed by atoms with Crippen molar-refractivity contribution in [3.05, 3.63) is 110 Å². The van der Waals surface area contributed by atoms with E-state index in [-0.39, 0.29) is 104 Å². The van der Waals surface area contributed by atoms with Gasteiger partial charge in [-0.2, -0.15) is 0 Å². The Labute approximate surface area is 545 Å². The zero-order valence-corrected chi connectivity index (χ0v) is 51.9. The average molecular weight is 1340 g/mol. The molecule has 2 aromatic heterocycles. The van der Waals surface area contributed by atoms with E-state index in [0.29, 0.717) is 29.5 Å².